The smallest absolute Gasteiger partial charge is 0.249 e. The Hall–Kier alpha value is -3.11. The molecule has 1 N–H and O–H groups in total. The lowest BCUT2D eigenvalue weighted by molar-refractivity contribution is -0.172. The van der Waals surface area contributed by atoms with Crippen molar-refractivity contribution in [3.63, 3.8) is 0 Å². The fourth-order valence-electron chi connectivity index (χ4n) is 5.66. The zero-order chi connectivity index (χ0) is 26.8. The third-order valence-electron chi connectivity index (χ3n) is 8.36. The van der Waals surface area contributed by atoms with Crippen LogP contribution < -0.4 is 5.32 Å². The van der Waals surface area contributed by atoms with Gasteiger partial charge in [-0.3, -0.25) is 19.3 Å². The summed E-state index contributed by atoms with van der Waals surface area (Å²) in [7, 11) is -3.39. The number of rotatable bonds is 6. The molecule has 2 aliphatic rings. The highest BCUT2D eigenvalue weighted by Gasteiger charge is 2.65. The number of carbonyl (C=O) groups excluding carboxylic acids is 3. The van der Waals surface area contributed by atoms with E-state index < -0.39 is 32.6 Å². The van der Waals surface area contributed by atoms with Crippen LogP contribution in [0.25, 0.3) is 10.2 Å². The number of sulfone groups is 1. The molecule has 2 heterocycles. The highest BCUT2D eigenvalue weighted by Crippen LogP contribution is 2.60. The van der Waals surface area contributed by atoms with Gasteiger partial charge < -0.3 is 5.32 Å². The summed E-state index contributed by atoms with van der Waals surface area (Å²) in [5, 5.41) is 3.08. The Morgan fingerprint density at radius 1 is 1.16 bits per heavy atom. The number of amides is 3. The van der Waals surface area contributed by atoms with E-state index in [9.17, 15) is 22.8 Å². The second-order valence-corrected chi connectivity index (χ2v) is 13.8. The van der Waals surface area contributed by atoms with E-state index in [4.69, 9.17) is 0 Å². The molecule has 2 bridgehead atoms. The monoisotopic (exact) mass is 539 g/mol. The maximum absolute atomic E-state index is 13.8. The first kappa shape index (κ1) is 25.5. The number of nitrogens with zero attached hydrogens (tertiary/aromatic N) is 2. The van der Waals surface area contributed by atoms with Gasteiger partial charge >= 0.3 is 0 Å². The van der Waals surface area contributed by atoms with Crippen molar-refractivity contribution in [3.8, 4) is 0 Å². The Labute approximate surface area is 220 Å². The van der Waals surface area contributed by atoms with Crippen molar-refractivity contribution >= 4 is 54.2 Å². The van der Waals surface area contributed by atoms with Crippen molar-refractivity contribution < 1.29 is 22.8 Å². The molecule has 1 saturated carbocycles. The molecule has 8 nitrogen and oxygen atoms in total. The molecule has 3 amide bonds. The number of aromatic nitrogens is 1. The molecule has 1 saturated heterocycles. The average molecular weight is 540 g/mol. The van der Waals surface area contributed by atoms with Crippen LogP contribution in [-0.4, -0.2) is 48.3 Å². The van der Waals surface area contributed by atoms with Crippen LogP contribution in [-0.2, 0) is 30.6 Å². The molecule has 1 aliphatic heterocycles. The van der Waals surface area contributed by atoms with Crippen LogP contribution in [0, 0.1) is 16.7 Å². The molecule has 5 rings (SSSR count). The summed E-state index contributed by atoms with van der Waals surface area (Å²) in [6, 6.07) is 12.9. The van der Waals surface area contributed by atoms with E-state index in [0.29, 0.717) is 23.1 Å². The Bertz CT molecular complexity index is 1530. The molecule has 194 valence electrons. The molecule has 10 heteroatoms. The molecule has 3 atom stereocenters. The van der Waals surface area contributed by atoms with Crippen LogP contribution in [0.4, 0.5) is 5.13 Å². The number of nitrogens with one attached hydrogen (secondary N) is 1. The Kier molecular flexibility index (Phi) is 6.03. The summed E-state index contributed by atoms with van der Waals surface area (Å²) >= 11 is 1.14. The van der Waals surface area contributed by atoms with E-state index in [-0.39, 0.29) is 34.2 Å². The van der Waals surface area contributed by atoms with Gasteiger partial charge in [0.1, 0.15) is 6.04 Å². The lowest BCUT2D eigenvalue weighted by atomic mass is 9.62. The molecule has 1 aromatic heterocycles. The zero-order valence-electron chi connectivity index (χ0n) is 21.1. The highest BCUT2D eigenvalue weighted by molar-refractivity contribution is 7.90. The molecule has 37 heavy (non-hydrogen) atoms. The van der Waals surface area contributed by atoms with Gasteiger partial charge in [0.25, 0.3) is 0 Å². The first-order valence-corrected chi connectivity index (χ1v) is 14.9. The number of anilines is 1. The van der Waals surface area contributed by atoms with Crippen molar-refractivity contribution in [2.75, 3.05) is 11.6 Å². The maximum atomic E-state index is 13.8. The van der Waals surface area contributed by atoms with Crippen molar-refractivity contribution in [2.24, 2.45) is 16.7 Å². The van der Waals surface area contributed by atoms with E-state index in [1.54, 1.807) is 6.07 Å². The molecule has 3 aromatic rings. The van der Waals surface area contributed by atoms with Gasteiger partial charge in [0.15, 0.2) is 15.0 Å². The predicted octanol–water partition coefficient (Wildman–Crippen LogP) is 4.06. The van der Waals surface area contributed by atoms with E-state index in [2.05, 4.69) is 10.3 Å². The number of fused-ring (bicyclic) bond motifs is 3. The molecule has 2 aromatic carbocycles. The zero-order valence-corrected chi connectivity index (χ0v) is 22.8. The summed E-state index contributed by atoms with van der Waals surface area (Å²) < 4.78 is 24.5. The number of likely N-dealkylation sites (tertiary alicyclic amines) is 1. The van der Waals surface area contributed by atoms with E-state index in [0.717, 1.165) is 23.2 Å². The summed E-state index contributed by atoms with van der Waals surface area (Å²) in [6.45, 7) is 5.84. The molecule has 1 aliphatic carbocycles. The molecule has 3 unspecified atom stereocenters. The molecule has 0 radical (unpaired) electrons. The lowest BCUT2D eigenvalue weighted by Crippen LogP contribution is -2.64. The van der Waals surface area contributed by atoms with E-state index in [1.807, 2.05) is 51.1 Å². The van der Waals surface area contributed by atoms with Crippen LogP contribution in [0.2, 0.25) is 0 Å². The lowest BCUT2D eigenvalue weighted by Gasteiger charge is -2.49. The molecular formula is C27H29N3O5S2. The minimum absolute atomic E-state index is 0.166. The highest BCUT2D eigenvalue weighted by atomic mass is 32.2. The number of benzene rings is 2. The Morgan fingerprint density at radius 3 is 2.54 bits per heavy atom. The topological polar surface area (TPSA) is 114 Å². The predicted molar refractivity (Wildman–Crippen MR) is 142 cm³/mol. The average Bonchev–Trinajstić information content (AvgIpc) is 3.31. The van der Waals surface area contributed by atoms with E-state index in [1.165, 1.54) is 17.0 Å². The number of hydrogen-bond acceptors (Lipinski definition) is 7. The SMILES string of the molecule is CC12CCC(C(=O)N(C(Cc3ccccc3)C(=O)Nc3nc4ccc(S(C)(=O)=O)cc4s3)C1=O)C2(C)C. The minimum Gasteiger partial charge on any atom is -0.300 e. The van der Waals surface area contributed by atoms with Crippen LogP contribution in [0.3, 0.4) is 0 Å². The molecule has 0 spiro atoms. The summed E-state index contributed by atoms with van der Waals surface area (Å²) in [5.41, 5.74) is 0.145. The third kappa shape index (κ3) is 4.16. The Balaban J connectivity index is 1.50. The van der Waals surface area contributed by atoms with Gasteiger partial charge in [0.05, 0.1) is 20.5 Å². The fraction of sp³-hybridized carbons (Fsp3) is 0.407. The summed E-state index contributed by atoms with van der Waals surface area (Å²) in [4.78, 5) is 47.0. The van der Waals surface area contributed by atoms with Crippen LogP contribution >= 0.6 is 11.3 Å². The maximum Gasteiger partial charge on any atom is 0.249 e. The van der Waals surface area contributed by atoms with Gasteiger partial charge in [-0.05, 0) is 42.0 Å². The summed E-state index contributed by atoms with van der Waals surface area (Å²) in [5.74, 6) is -1.45. The Morgan fingerprint density at radius 2 is 1.86 bits per heavy atom. The summed E-state index contributed by atoms with van der Waals surface area (Å²) in [6.07, 6.45) is 2.53. The second kappa shape index (κ2) is 8.73. The van der Waals surface area contributed by atoms with Crippen molar-refractivity contribution in [3.05, 3.63) is 54.1 Å². The first-order chi connectivity index (χ1) is 17.3. The van der Waals surface area contributed by atoms with Gasteiger partial charge in [-0.15, -0.1) is 0 Å². The van der Waals surface area contributed by atoms with Crippen LogP contribution in [0.1, 0.15) is 39.2 Å². The van der Waals surface area contributed by atoms with Gasteiger partial charge in [-0.1, -0.05) is 62.4 Å². The number of thiazole rings is 1. The quantitative estimate of drug-likeness (QED) is 0.473. The molecular weight excluding hydrogens is 510 g/mol. The number of hydrogen-bond donors (Lipinski definition) is 1. The standard InChI is InChI=1S/C27H29N3O5S2/c1-26(2)18-12-13-27(26,3)24(33)30(23(18)32)20(14-16-8-6-5-7-9-16)22(31)29-25-28-19-11-10-17(37(4,34)35)15-21(19)36-25/h5-11,15,18,20H,12-14H2,1-4H3,(H,28,29,31). The van der Waals surface area contributed by atoms with Gasteiger partial charge in [0, 0.05) is 18.6 Å². The molecule has 2 fully saturated rings. The van der Waals surface area contributed by atoms with Crippen LogP contribution in [0.15, 0.2) is 53.4 Å². The number of piperidine rings is 1. The van der Waals surface area contributed by atoms with Crippen molar-refractivity contribution in [1.82, 2.24) is 9.88 Å². The third-order valence-corrected chi connectivity index (χ3v) is 10.4. The number of carbonyl (C=O) groups is 3. The van der Waals surface area contributed by atoms with Crippen molar-refractivity contribution in [1.29, 1.82) is 0 Å². The van der Waals surface area contributed by atoms with E-state index >= 15 is 0 Å². The van der Waals surface area contributed by atoms with Gasteiger partial charge in [-0.25, -0.2) is 13.4 Å². The fourth-order valence-corrected chi connectivity index (χ4v) is 7.29. The number of imide groups is 1. The second-order valence-electron chi connectivity index (χ2n) is 10.8. The normalized spacial score (nSPS) is 23.9. The van der Waals surface area contributed by atoms with Crippen molar-refractivity contribution in [2.45, 2.75) is 51.0 Å². The largest absolute Gasteiger partial charge is 0.300 e. The van der Waals surface area contributed by atoms with Crippen LogP contribution in [0.5, 0.6) is 0 Å². The van der Waals surface area contributed by atoms with Gasteiger partial charge in [0.2, 0.25) is 17.7 Å². The van der Waals surface area contributed by atoms with Gasteiger partial charge in [-0.2, -0.15) is 0 Å². The minimum atomic E-state index is -3.39. The first-order valence-electron chi connectivity index (χ1n) is 12.2.